The first-order chi connectivity index (χ1) is 6.25. The second kappa shape index (κ2) is 3.13. The van der Waals surface area contributed by atoms with E-state index in [9.17, 15) is 0 Å². The highest BCUT2D eigenvalue weighted by Gasteiger charge is 2.01. The van der Waals surface area contributed by atoms with Crippen molar-refractivity contribution in [3.8, 4) is 5.88 Å². The molecule has 0 fully saturated rings. The second-order valence-corrected chi connectivity index (χ2v) is 3.39. The quantitative estimate of drug-likeness (QED) is 0.745. The normalized spacial score (nSPS) is 11.0. The van der Waals surface area contributed by atoms with Crippen molar-refractivity contribution in [3.63, 3.8) is 0 Å². The average Bonchev–Trinajstić information content (AvgIpc) is 2.44. The third-order valence-corrected chi connectivity index (χ3v) is 1.87. The molecule has 0 aliphatic rings. The monoisotopic (exact) mass is 175 g/mol. The Morgan fingerprint density at radius 2 is 2.00 bits per heavy atom. The van der Waals surface area contributed by atoms with Crippen molar-refractivity contribution in [3.05, 3.63) is 30.3 Å². The topological polar surface area (TPSA) is 25.0 Å². The van der Waals surface area contributed by atoms with Crippen molar-refractivity contribution >= 4 is 10.9 Å². The Bertz CT molecular complexity index is 370. The van der Waals surface area contributed by atoms with Crippen molar-refractivity contribution in [2.75, 3.05) is 0 Å². The van der Waals surface area contributed by atoms with Crippen LogP contribution >= 0.6 is 0 Å². The number of aromatic nitrogens is 1. The highest BCUT2D eigenvalue weighted by Crippen LogP contribution is 2.20. The lowest BCUT2D eigenvalue weighted by Gasteiger charge is -2.05. The van der Waals surface area contributed by atoms with Crippen LogP contribution < -0.4 is 4.74 Å². The summed E-state index contributed by atoms with van der Waals surface area (Å²) in [6.07, 6.45) is 0.216. The van der Waals surface area contributed by atoms with Crippen LogP contribution in [0.15, 0.2) is 30.3 Å². The number of ether oxygens (including phenoxy) is 1. The Hall–Kier alpha value is -1.44. The highest BCUT2D eigenvalue weighted by atomic mass is 16.5. The predicted octanol–water partition coefficient (Wildman–Crippen LogP) is 2.96. The SMILES string of the molecule is CC(C)Oc1cc2ccccc2[nH]1. The Kier molecular flexibility index (Phi) is 1.97. The number of aromatic amines is 1. The van der Waals surface area contributed by atoms with Crippen molar-refractivity contribution in [2.45, 2.75) is 20.0 Å². The molecule has 0 aliphatic carbocycles. The van der Waals surface area contributed by atoms with Gasteiger partial charge in [0.1, 0.15) is 0 Å². The summed E-state index contributed by atoms with van der Waals surface area (Å²) in [5, 5.41) is 1.19. The molecule has 0 aliphatic heterocycles. The van der Waals surface area contributed by atoms with E-state index in [1.54, 1.807) is 0 Å². The fraction of sp³-hybridized carbons (Fsp3) is 0.273. The molecule has 0 saturated heterocycles. The third kappa shape index (κ3) is 1.66. The highest BCUT2D eigenvalue weighted by molar-refractivity contribution is 5.81. The largest absolute Gasteiger partial charge is 0.476 e. The van der Waals surface area contributed by atoms with Gasteiger partial charge in [-0.2, -0.15) is 0 Å². The number of hydrogen-bond acceptors (Lipinski definition) is 1. The van der Waals surface area contributed by atoms with E-state index in [2.05, 4.69) is 11.1 Å². The molecule has 13 heavy (non-hydrogen) atoms. The van der Waals surface area contributed by atoms with Gasteiger partial charge in [0.2, 0.25) is 0 Å². The summed E-state index contributed by atoms with van der Waals surface area (Å²) in [6.45, 7) is 4.04. The van der Waals surface area contributed by atoms with Gasteiger partial charge in [-0.25, -0.2) is 0 Å². The molecule has 2 rings (SSSR count). The van der Waals surface area contributed by atoms with E-state index < -0.39 is 0 Å². The number of H-pyrrole nitrogens is 1. The molecular formula is C11H13NO. The molecule has 2 heteroatoms. The Morgan fingerprint density at radius 1 is 1.23 bits per heavy atom. The zero-order valence-electron chi connectivity index (χ0n) is 7.87. The Balaban J connectivity index is 2.38. The standard InChI is InChI=1S/C11H13NO/c1-8(2)13-11-7-9-5-3-4-6-10(9)12-11/h3-8,12H,1-2H3. The second-order valence-electron chi connectivity index (χ2n) is 3.39. The number of nitrogens with one attached hydrogen (secondary N) is 1. The van der Waals surface area contributed by atoms with Gasteiger partial charge < -0.3 is 9.72 Å². The first kappa shape index (κ1) is 8.17. The number of rotatable bonds is 2. The van der Waals surface area contributed by atoms with E-state index >= 15 is 0 Å². The molecular weight excluding hydrogens is 162 g/mol. The van der Waals surface area contributed by atoms with E-state index in [1.807, 2.05) is 38.1 Å². The van der Waals surface area contributed by atoms with Crippen LogP contribution in [0.25, 0.3) is 10.9 Å². The molecule has 2 nitrogen and oxygen atoms in total. The molecule has 0 amide bonds. The summed E-state index contributed by atoms with van der Waals surface area (Å²) in [6, 6.07) is 10.2. The summed E-state index contributed by atoms with van der Waals surface area (Å²) >= 11 is 0. The summed E-state index contributed by atoms with van der Waals surface area (Å²) in [5.74, 6) is 0.844. The Labute approximate surface area is 77.5 Å². The summed E-state index contributed by atoms with van der Waals surface area (Å²) in [7, 11) is 0. The number of hydrogen-bond donors (Lipinski definition) is 1. The maximum absolute atomic E-state index is 5.54. The van der Waals surface area contributed by atoms with Gasteiger partial charge in [-0.05, 0) is 19.9 Å². The number of fused-ring (bicyclic) bond motifs is 1. The molecule has 68 valence electrons. The van der Waals surface area contributed by atoms with Crippen LogP contribution in [0.4, 0.5) is 0 Å². The van der Waals surface area contributed by atoms with Crippen LogP contribution in [0.3, 0.4) is 0 Å². The van der Waals surface area contributed by atoms with Gasteiger partial charge in [-0.1, -0.05) is 18.2 Å². The van der Waals surface area contributed by atoms with Gasteiger partial charge in [0, 0.05) is 17.0 Å². The molecule has 0 bridgehead atoms. The first-order valence-corrected chi connectivity index (χ1v) is 4.50. The van der Waals surface area contributed by atoms with Gasteiger partial charge >= 0.3 is 0 Å². The van der Waals surface area contributed by atoms with Crippen molar-refractivity contribution in [1.29, 1.82) is 0 Å². The average molecular weight is 175 g/mol. The lowest BCUT2D eigenvalue weighted by Crippen LogP contribution is -2.05. The molecule has 1 aromatic heterocycles. The molecule has 2 aromatic rings. The van der Waals surface area contributed by atoms with Crippen LogP contribution in [0.1, 0.15) is 13.8 Å². The van der Waals surface area contributed by atoms with Gasteiger partial charge in [-0.3, -0.25) is 0 Å². The number of benzene rings is 1. The number of para-hydroxylation sites is 1. The fourth-order valence-corrected chi connectivity index (χ4v) is 1.36. The minimum Gasteiger partial charge on any atom is -0.476 e. The van der Waals surface area contributed by atoms with Crippen molar-refractivity contribution in [2.24, 2.45) is 0 Å². The van der Waals surface area contributed by atoms with Gasteiger partial charge in [0.25, 0.3) is 0 Å². The maximum Gasteiger partial charge on any atom is 0.192 e. The smallest absolute Gasteiger partial charge is 0.192 e. The molecule has 1 heterocycles. The summed E-state index contributed by atoms with van der Waals surface area (Å²) in [4.78, 5) is 3.20. The fourth-order valence-electron chi connectivity index (χ4n) is 1.36. The van der Waals surface area contributed by atoms with Crippen LogP contribution in [0.5, 0.6) is 5.88 Å². The molecule has 0 spiro atoms. The van der Waals surface area contributed by atoms with E-state index in [1.165, 1.54) is 5.39 Å². The van der Waals surface area contributed by atoms with Gasteiger partial charge in [0.05, 0.1) is 6.10 Å². The molecule has 1 N–H and O–H groups in total. The van der Waals surface area contributed by atoms with Crippen molar-refractivity contribution in [1.82, 2.24) is 4.98 Å². The lowest BCUT2D eigenvalue weighted by molar-refractivity contribution is 0.234. The minimum atomic E-state index is 0.216. The predicted molar refractivity (Wildman–Crippen MR) is 54.1 cm³/mol. The first-order valence-electron chi connectivity index (χ1n) is 4.50. The zero-order valence-corrected chi connectivity index (χ0v) is 7.87. The molecule has 0 atom stereocenters. The van der Waals surface area contributed by atoms with E-state index in [-0.39, 0.29) is 6.10 Å². The molecule has 0 saturated carbocycles. The zero-order chi connectivity index (χ0) is 9.26. The van der Waals surface area contributed by atoms with Crippen LogP contribution in [-0.2, 0) is 0 Å². The van der Waals surface area contributed by atoms with Crippen LogP contribution in [0.2, 0.25) is 0 Å². The van der Waals surface area contributed by atoms with Crippen molar-refractivity contribution < 1.29 is 4.74 Å². The third-order valence-electron chi connectivity index (χ3n) is 1.87. The van der Waals surface area contributed by atoms with Crippen LogP contribution in [0, 0.1) is 0 Å². The van der Waals surface area contributed by atoms with Gasteiger partial charge in [0.15, 0.2) is 5.88 Å². The summed E-state index contributed by atoms with van der Waals surface area (Å²) < 4.78 is 5.54. The van der Waals surface area contributed by atoms with E-state index in [4.69, 9.17) is 4.74 Å². The van der Waals surface area contributed by atoms with Crippen LogP contribution in [-0.4, -0.2) is 11.1 Å². The van der Waals surface area contributed by atoms with E-state index in [0.29, 0.717) is 0 Å². The molecule has 1 aromatic carbocycles. The van der Waals surface area contributed by atoms with E-state index in [0.717, 1.165) is 11.4 Å². The van der Waals surface area contributed by atoms with Gasteiger partial charge in [-0.15, -0.1) is 0 Å². The molecule has 0 unspecified atom stereocenters. The summed E-state index contributed by atoms with van der Waals surface area (Å²) in [5.41, 5.74) is 1.12. The lowest BCUT2D eigenvalue weighted by atomic mass is 10.3. The molecule has 0 radical (unpaired) electrons. The Morgan fingerprint density at radius 3 is 2.69 bits per heavy atom. The maximum atomic E-state index is 5.54. The minimum absolute atomic E-state index is 0.216.